The van der Waals surface area contributed by atoms with Gasteiger partial charge >= 0.3 is 0 Å². The monoisotopic (exact) mass is 550 g/mol. The van der Waals surface area contributed by atoms with Gasteiger partial charge in [0.1, 0.15) is 5.02 Å². The summed E-state index contributed by atoms with van der Waals surface area (Å²) < 4.78 is 35.4. The van der Waals surface area contributed by atoms with E-state index >= 15 is 0 Å². The Labute approximate surface area is 232 Å². The maximum absolute atomic E-state index is 14.3. The minimum absolute atomic E-state index is 0.0820. The van der Waals surface area contributed by atoms with E-state index in [0.29, 0.717) is 16.6 Å². The van der Waals surface area contributed by atoms with Crippen molar-refractivity contribution in [2.24, 2.45) is 18.9 Å². The van der Waals surface area contributed by atoms with Gasteiger partial charge in [-0.2, -0.15) is 4.98 Å². The summed E-state index contributed by atoms with van der Waals surface area (Å²) in [7, 11) is 17.6. The van der Waals surface area contributed by atoms with E-state index in [1.165, 1.54) is 30.7 Å². The summed E-state index contributed by atoms with van der Waals surface area (Å²) in [4.78, 5) is 35.1. The summed E-state index contributed by atoms with van der Waals surface area (Å²) >= 11 is 6.34. The molecule has 3 heterocycles. The van der Waals surface area contributed by atoms with Crippen molar-refractivity contribution in [3.63, 3.8) is 0 Å². The van der Waals surface area contributed by atoms with Crippen molar-refractivity contribution in [1.82, 2.24) is 19.9 Å². The number of carbonyl (C=O) groups excluding carboxylic acids is 1. The molecule has 1 aliphatic rings. The first-order valence-corrected chi connectivity index (χ1v) is 12.4. The molecule has 0 spiro atoms. The van der Waals surface area contributed by atoms with Gasteiger partial charge in [-0.3, -0.25) is 9.59 Å². The van der Waals surface area contributed by atoms with E-state index in [1.54, 1.807) is 30.1 Å². The van der Waals surface area contributed by atoms with E-state index in [4.69, 9.17) is 39.9 Å². The fourth-order valence-electron chi connectivity index (χ4n) is 4.42. The number of pyridine rings is 1. The van der Waals surface area contributed by atoms with Crippen molar-refractivity contribution in [1.29, 1.82) is 0 Å². The largest absolute Gasteiger partial charge is 0.478 e. The topological polar surface area (TPSA) is 101 Å². The Hall–Kier alpha value is -3.28. The number of benzene rings is 1. The van der Waals surface area contributed by atoms with E-state index in [9.17, 15) is 18.4 Å². The second-order valence-corrected chi connectivity index (χ2v) is 10.2. The minimum Gasteiger partial charge on any atom is -0.478 e. The zero-order valence-electron chi connectivity index (χ0n) is 21.5. The number of halogens is 3. The SMILES string of the molecule is [B]C([B])([B])NC(=O)COc1cc2cc(Nc3nc(N4C[C@@H](C)C(F)(F)[C@@H](C)C4)ncc3Cl)ccc2n(C)c1=O. The maximum Gasteiger partial charge on any atom is 0.293 e. The summed E-state index contributed by atoms with van der Waals surface area (Å²) in [6.45, 7) is 2.68. The van der Waals surface area contributed by atoms with E-state index in [1.807, 2.05) is 0 Å². The number of hydrogen-bond donors (Lipinski definition) is 2. The van der Waals surface area contributed by atoms with E-state index in [0.717, 1.165) is 0 Å². The van der Waals surface area contributed by atoms with E-state index in [2.05, 4.69) is 20.6 Å². The van der Waals surface area contributed by atoms with Crippen LogP contribution in [0.25, 0.3) is 10.9 Å². The molecule has 1 saturated heterocycles. The number of anilines is 3. The molecule has 0 unspecified atom stereocenters. The van der Waals surface area contributed by atoms with Crippen LogP contribution in [0.1, 0.15) is 13.8 Å². The van der Waals surface area contributed by atoms with Gasteiger partial charge in [0.2, 0.25) is 5.95 Å². The molecule has 15 heteroatoms. The molecular weight excluding hydrogens is 526 g/mol. The van der Waals surface area contributed by atoms with Gasteiger partial charge in [-0.1, -0.05) is 30.7 Å². The summed E-state index contributed by atoms with van der Waals surface area (Å²) in [5, 5.41) is 4.16. The molecule has 6 radical (unpaired) electrons. The first kappa shape index (κ1) is 28.7. The Morgan fingerprint density at radius 3 is 2.54 bits per heavy atom. The standard InChI is InChI=1S/C24H24B3ClF2N6O3/c1-12-9-36(10-13(2)23(12,29)30)22-31-8-16(28)20(33-22)32-15-4-5-17-14(6-15)7-18(21(38)35(17)3)39-11-19(37)34-24(25,26)27/h4-8,12-13H,9-11H2,1-3H3,(H,34,37)(H,31,32,33)/t12-,13+. The fraction of sp³-hybridized carbons (Fsp3) is 0.417. The number of aryl methyl sites for hydroxylation is 1. The molecule has 9 nitrogen and oxygen atoms in total. The van der Waals surface area contributed by atoms with Crippen LogP contribution in [0.5, 0.6) is 5.75 Å². The molecular formula is C24H24B3ClF2N6O3. The lowest BCUT2D eigenvalue weighted by molar-refractivity contribution is -0.123. The number of piperidine rings is 1. The van der Waals surface area contributed by atoms with Crippen LogP contribution in [0.15, 0.2) is 35.3 Å². The first-order chi connectivity index (χ1) is 18.2. The van der Waals surface area contributed by atoms with Gasteiger partial charge in [0.25, 0.3) is 17.4 Å². The van der Waals surface area contributed by atoms with Crippen molar-refractivity contribution in [3.05, 3.63) is 45.8 Å². The summed E-state index contributed by atoms with van der Waals surface area (Å²) in [5.41, 5.74) is 0.705. The van der Waals surface area contributed by atoms with E-state index < -0.39 is 41.1 Å². The fourth-order valence-corrected chi connectivity index (χ4v) is 4.56. The molecule has 2 N–H and O–H groups in total. The highest BCUT2D eigenvalue weighted by Gasteiger charge is 2.47. The van der Waals surface area contributed by atoms with Crippen molar-refractivity contribution < 1.29 is 18.3 Å². The van der Waals surface area contributed by atoms with Crippen LogP contribution in [-0.4, -0.2) is 74.8 Å². The predicted octanol–water partition coefficient (Wildman–Crippen LogP) is 2.06. The Morgan fingerprint density at radius 1 is 1.23 bits per heavy atom. The van der Waals surface area contributed by atoms with Crippen molar-refractivity contribution in [2.75, 3.05) is 29.9 Å². The van der Waals surface area contributed by atoms with E-state index in [-0.39, 0.29) is 35.6 Å². The summed E-state index contributed by atoms with van der Waals surface area (Å²) in [5.74, 6) is -4.73. The van der Waals surface area contributed by atoms with Crippen LogP contribution >= 0.6 is 11.6 Å². The molecule has 2 aromatic heterocycles. The Balaban J connectivity index is 1.58. The van der Waals surface area contributed by atoms with Crippen molar-refractivity contribution >= 4 is 69.4 Å². The minimum atomic E-state index is -2.77. The number of ether oxygens (including phenoxy) is 1. The van der Waals surface area contributed by atoms with Gasteiger partial charge in [0.05, 0.1) is 35.3 Å². The highest BCUT2D eigenvalue weighted by molar-refractivity contribution is 6.59. The third-order valence-corrected chi connectivity index (χ3v) is 6.76. The predicted molar refractivity (Wildman–Crippen MR) is 149 cm³/mol. The van der Waals surface area contributed by atoms with Crippen molar-refractivity contribution in [2.45, 2.75) is 25.0 Å². The number of fused-ring (bicyclic) bond motifs is 1. The lowest BCUT2D eigenvalue weighted by Gasteiger charge is -2.41. The lowest BCUT2D eigenvalue weighted by atomic mass is 9.49. The Bertz CT molecular complexity index is 1460. The molecule has 0 saturated carbocycles. The number of carbonyl (C=O) groups is 1. The maximum atomic E-state index is 14.3. The summed E-state index contributed by atoms with van der Waals surface area (Å²) in [6, 6.07) is 6.66. The summed E-state index contributed by atoms with van der Waals surface area (Å²) in [6.07, 6.45) is 1.41. The normalized spacial score (nSPS) is 19.1. The third kappa shape index (κ3) is 6.32. The zero-order chi connectivity index (χ0) is 28.7. The molecule has 2 atom stereocenters. The average Bonchev–Trinajstić information content (AvgIpc) is 2.84. The Morgan fingerprint density at radius 2 is 1.90 bits per heavy atom. The first-order valence-electron chi connectivity index (χ1n) is 12.0. The highest BCUT2D eigenvalue weighted by Crippen LogP contribution is 2.39. The molecule has 0 bridgehead atoms. The molecule has 0 aliphatic carbocycles. The third-order valence-electron chi connectivity index (χ3n) is 6.49. The number of hydrogen-bond acceptors (Lipinski definition) is 7. The molecule has 4 rings (SSSR count). The van der Waals surface area contributed by atoms with Crippen LogP contribution in [0.4, 0.5) is 26.2 Å². The molecule has 39 heavy (non-hydrogen) atoms. The van der Waals surface area contributed by atoms with Gasteiger partial charge < -0.3 is 24.8 Å². The molecule has 1 fully saturated rings. The van der Waals surface area contributed by atoms with Crippen LogP contribution in [0.3, 0.4) is 0 Å². The number of rotatable bonds is 7. The second kappa shape index (κ2) is 10.7. The quantitative estimate of drug-likeness (QED) is 0.435. The molecule has 198 valence electrons. The van der Waals surface area contributed by atoms with Gasteiger partial charge in [-0.15, -0.1) is 0 Å². The molecule has 1 amide bonds. The molecule has 1 aromatic carbocycles. The number of nitrogens with zero attached hydrogens (tertiary/aromatic N) is 4. The number of aromatic nitrogens is 3. The van der Waals surface area contributed by atoms with Gasteiger partial charge in [0.15, 0.2) is 18.2 Å². The second-order valence-electron chi connectivity index (χ2n) is 9.79. The smallest absolute Gasteiger partial charge is 0.293 e. The van der Waals surface area contributed by atoms with Gasteiger partial charge in [-0.05, 0) is 24.3 Å². The van der Waals surface area contributed by atoms with Crippen LogP contribution < -0.4 is 25.8 Å². The van der Waals surface area contributed by atoms with Crippen molar-refractivity contribution in [3.8, 4) is 5.75 Å². The van der Waals surface area contributed by atoms with Crippen LogP contribution in [0.2, 0.25) is 5.02 Å². The molecule has 3 aromatic rings. The molecule has 1 aliphatic heterocycles. The van der Waals surface area contributed by atoms with Gasteiger partial charge in [0, 0.05) is 43.0 Å². The van der Waals surface area contributed by atoms with Crippen LogP contribution in [0, 0.1) is 11.8 Å². The lowest BCUT2D eigenvalue weighted by Crippen LogP contribution is -2.52. The highest BCUT2D eigenvalue weighted by atomic mass is 35.5. The number of nitrogens with one attached hydrogen (secondary N) is 2. The number of amides is 1. The van der Waals surface area contributed by atoms with Gasteiger partial charge in [-0.25, -0.2) is 13.8 Å². The average molecular weight is 550 g/mol. The van der Waals surface area contributed by atoms with Crippen LogP contribution in [-0.2, 0) is 11.8 Å². The Kier molecular flexibility index (Phi) is 7.89. The number of alkyl halides is 2. The zero-order valence-corrected chi connectivity index (χ0v) is 22.3.